The SMILES string of the molecule is CC/C=C\C/C=C\C/C=C\C/C=C\C/C=C\CCCCCC(=O)OC[C@@H](COC(=O)CCCCCCCCCCCCCCCCCCCCC)OC(=O)CCCCCCCCCCC/C=C\CCCCCCCC. The number of unbranched alkanes of at least 4 members (excludes halogenated alkanes) is 36. The van der Waals surface area contributed by atoms with Gasteiger partial charge in [0.15, 0.2) is 6.10 Å². The second-order valence-electron chi connectivity index (χ2n) is 21.6. The lowest BCUT2D eigenvalue weighted by molar-refractivity contribution is -0.167. The molecule has 0 unspecified atom stereocenters. The molecule has 0 fully saturated rings. The molecule has 0 spiro atoms. The lowest BCUT2D eigenvalue weighted by Gasteiger charge is -2.18. The zero-order chi connectivity index (χ0) is 54.3. The van der Waals surface area contributed by atoms with Crippen LogP contribution < -0.4 is 0 Å². The average Bonchev–Trinajstić information content (AvgIpc) is 3.41. The summed E-state index contributed by atoms with van der Waals surface area (Å²) in [5.41, 5.74) is 0. The van der Waals surface area contributed by atoms with Gasteiger partial charge in [0.05, 0.1) is 0 Å². The Hall–Kier alpha value is -3.15. The van der Waals surface area contributed by atoms with Crippen molar-refractivity contribution in [3.05, 3.63) is 72.9 Å². The van der Waals surface area contributed by atoms with E-state index in [4.69, 9.17) is 14.2 Å². The van der Waals surface area contributed by atoms with Crippen molar-refractivity contribution < 1.29 is 28.6 Å². The summed E-state index contributed by atoms with van der Waals surface area (Å²) in [6, 6.07) is 0. The zero-order valence-electron chi connectivity index (χ0n) is 49.8. The largest absolute Gasteiger partial charge is 0.462 e. The Balaban J connectivity index is 4.41. The average molecular weight is 1050 g/mol. The molecule has 0 saturated carbocycles. The van der Waals surface area contributed by atoms with Gasteiger partial charge in [0, 0.05) is 19.3 Å². The highest BCUT2D eigenvalue weighted by Crippen LogP contribution is 2.17. The Labute approximate surface area is 465 Å². The van der Waals surface area contributed by atoms with E-state index < -0.39 is 6.10 Å². The van der Waals surface area contributed by atoms with Crippen molar-refractivity contribution in [2.24, 2.45) is 0 Å². The maximum absolute atomic E-state index is 12.9. The number of hydrogen-bond donors (Lipinski definition) is 0. The van der Waals surface area contributed by atoms with Crippen molar-refractivity contribution in [3.8, 4) is 0 Å². The number of ether oxygens (including phenoxy) is 3. The number of esters is 3. The first-order valence-corrected chi connectivity index (χ1v) is 32.4. The molecule has 0 aliphatic rings. The molecule has 0 rings (SSSR count). The van der Waals surface area contributed by atoms with Crippen molar-refractivity contribution in [3.63, 3.8) is 0 Å². The second-order valence-corrected chi connectivity index (χ2v) is 21.6. The van der Waals surface area contributed by atoms with E-state index in [0.717, 1.165) is 96.3 Å². The highest BCUT2D eigenvalue weighted by molar-refractivity contribution is 5.71. The molecule has 0 aliphatic carbocycles. The van der Waals surface area contributed by atoms with Crippen molar-refractivity contribution >= 4 is 17.9 Å². The number of carbonyl (C=O) groups is 3. The third-order valence-corrected chi connectivity index (χ3v) is 14.2. The normalized spacial score (nSPS) is 12.5. The first-order chi connectivity index (χ1) is 37.0. The van der Waals surface area contributed by atoms with Crippen LogP contribution in [0.1, 0.15) is 329 Å². The summed E-state index contributed by atoms with van der Waals surface area (Å²) in [5, 5.41) is 0. The summed E-state index contributed by atoms with van der Waals surface area (Å²) in [7, 11) is 0. The van der Waals surface area contributed by atoms with Crippen molar-refractivity contribution in [2.45, 2.75) is 335 Å². The maximum Gasteiger partial charge on any atom is 0.306 e. The third-order valence-electron chi connectivity index (χ3n) is 14.2. The first kappa shape index (κ1) is 71.8. The van der Waals surface area contributed by atoms with Crippen LogP contribution in [0, 0.1) is 0 Å². The Kier molecular flexibility index (Phi) is 60.7. The van der Waals surface area contributed by atoms with Gasteiger partial charge in [-0.1, -0.05) is 293 Å². The van der Waals surface area contributed by atoms with E-state index >= 15 is 0 Å². The molecule has 0 amide bonds. The van der Waals surface area contributed by atoms with Gasteiger partial charge in [-0.05, 0) is 89.9 Å². The van der Waals surface area contributed by atoms with Crippen LogP contribution in [-0.2, 0) is 28.6 Å². The quantitative estimate of drug-likeness (QED) is 0.0261. The summed E-state index contributed by atoms with van der Waals surface area (Å²) in [6.07, 6.45) is 81.9. The molecule has 6 heteroatoms. The molecule has 0 aromatic carbocycles. The van der Waals surface area contributed by atoms with Crippen LogP contribution in [0.15, 0.2) is 72.9 Å². The lowest BCUT2D eigenvalue weighted by Crippen LogP contribution is -2.30. The fraction of sp³-hybridized carbons (Fsp3) is 0.783. The van der Waals surface area contributed by atoms with Gasteiger partial charge in [0.2, 0.25) is 0 Å². The molecule has 0 N–H and O–H groups in total. The smallest absolute Gasteiger partial charge is 0.306 e. The number of rotatable bonds is 59. The van der Waals surface area contributed by atoms with E-state index in [1.807, 2.05) is 0 Å². The molecule has 0 saturated heterocycles. The third kappa shape index (κ3) is 61.6. The Morgan fingerprint density at radius 2 is 0.520 bits per heavy atom. The van der Waals surface area contributed by atoms with Gasteiger partial charge in [0.25, 0.3) is 0 Å². The molecule has 0 radical (unpaired) electrons. The minimum absolute atomic E-state index is 0.0836. The summed E-state index contributed by atoms with van der Waals surface area (Å²) in [6.45, 7) is 6.54. The summed E-state index contributed by atoms with van der Waals surface area (Å²) in [5.74, 6) is -0.901. The standard InChI is InChI=1S/C69H122O6/c1-4-7-10-13-16-19-22-25-28-31-34-37-40-43-46-49-52-55-58-61-67(70)73-64-66(75-69(72)63-60-57-54-51-48-45-42-39-36-33-30-27-24-21-18-15-12-9-6-3)65-74-68(71)62-59-56-53-50-47-44-41-38-35-32-29-26-23-20-17-14-11-8-5-2/h7,10,16,19,25,27-28,30,34,37,43,46,66H,4-6,8-9,11-15,17-18,20-24,26,29,31-33,35-36,38-42,44-45,47-65H2,1-3H3/b10-7-,19-16-,28-25-,30-27-,37-34-,46-43-/t66-/m0/s1. The molecule has 0 aromatic rings. The van der Waals surface area contributed by atoms with E-state index in [-0.39, 0.29) is 31.1 Å². The predicted octanol–water partition coefficient (Wildman–Crippen LogP) is 22.1. The Bertz CT molecular complexity index is 1390. The zero-order valence-corrected chi connectivity index (χ0v) is 49.8. The van der Waals surface area contributed by atoms with E-state index in [0.29, 0.717) is 19.3 Å². The predicted molar refractivity (Wildman–Crippen MR) is 325 cm³/mol. The van der Waals surface area contributed by atoms with Crippen LogP contribution in [-0.4, -0.2) is 37.2 Å². The summed E-state index contributed by atoms with van der Waals surface area (Å²) < 4.78 is 16.9. The lowest BCUT2D eigenvalue weighted by atomic mass is 10.0. The van der Waals surface area contributed by atoms with Crippen molar-refractivity contribution in [2.75, 3.05) is 13.2 Å². The molecule has 75 heavy (non-hydrogen) atoms. The van der Waals surface area contributed by atoms with Gasteiger partial charge in [-0.25, -0.2) is 0 Å². The van der Waals surface area contributed by atoms with Gasteiger partial charge in [0.1, 0.15) is 13.2 Å². The fourth-order valence-corrected chi connectivity index (χ4v) is 9.35. The first-order valence-electron chi connectivity index (χ1n) is 32.4. The molecule has 1 atom stereocenters. The van der Waals surface area contributed by atoms with Crippen LogP contribution in [0.25, 0.3) is 0 Å². The van der Waals surface area contributed by atoms with Crippen LogP contribution in [0.4, 0.5) is 0 Å². The van der Waals surface area contributed by atoms with Crippen LogP contribution in [0.3, 0.4) is 0 Å². The van der Waals surface area contributed by atoms with Crippen molar-refractivity contribution in [1.82, 2.24) is 0 Å². The molecule has 0 heterocycles. The number of carbonyl (C=O) groups excluding carboxylic acids is 3. The van der Waals surface area contributed by atoms with E-state index in [9.17, 15) is 14.4 Å². The second kappa shape index (κ2) is 63.4. The van der Waals surface area contributed by atoms with Gasteiger partial charge >= 0.3 is 17.9 Å². The monoisotopic (exact) mass is 1050 g/mol. The maximum atomic E-state index is 12.9. The number of hydrogen-bond acceptors (Lipinski definition) is 6. The highest BCUT2D eigenvalue weighted by atomic mass is 16.6. The molecule has 6 nitrogen and oxygen atoms in total. The van der Waals surface area contributed by atoms with Crippen LogP contribution in [0.2, 0.25) is 0 Å². The Morgan fingerprint density at radius 3 is 0.840 bits per heavy atom. The molecular weight excluding hydrogens is 925 g/mol. The van der Waals surface area contributed by atoms with Crippen LogP contribution >= 0.6 is 0 Å². The van der Waals surface area contributed by atoms with E-state index in [1.54, 1.807) is 0 Å². The molecular formula is C69H122O6. The molecule has 434 valence electrons. The minimum atomic E-state index is -0.790. The van der Waals surface area contributed by atoms with E-state index in [2.05, 4.69) is 93.7 Å². The minimum Gasteiger partial charge on any atom is -0.462 e. The van der Waals surface area contributed by atoms with Gasteiger partial charge in [-0.2, -0.15) is 0 Å². The van der Waals surface area contributed by atoms with Gasteiger partial charge in [-0.15, -0.1) is 0 Å². The Morgan fingerprint density at radius 1 is 0.280 bits per heavy atom. The molecule has 0 bridgehead atoms. The van der Waals surface area contributed by atoms with E-state index in [1.165, 1.54) is 193 Å². The summed E-state index contributed by atoms with van der Waals surface area (Å²) >= 11 is 0. The van der Waals surface area contributed by atoms with Crippen LogP contribution in [0.5, 0.6) is 0 Å². The van der Waals surface area contributed by atoms with Gasteiger partial charge < -0.3 is 14.2 Å². The van der Waals surface area contributed by atoms with Crippen molar-refractivity contribution in [1.29, 1.82) is 0 Å². The highest BCUT2D eigenvalue weighted by Gasteiger charge is 2.19. The molecule has 0 aliphatic heterocycles. The molecule has 0 aromatic heterocycles. The topological polar surface area (TPSA) is 78.9 Å². The van der Waals surface area contributed by atoms with Gasteiger partial charge in [-0.3, -0.25) is 14.4 Å². The fourth-order valence-electron chi connectivity index (χ4n) is 9.35. The summed E-state index contributed by atoms with van der Waals surface area (Å²) in [4.78, 5) is 38.4. The number of allylic oxidation sites excluding steroid dienone is 12.